The molecule has 1 aliphatic rings. The predicted molar refractivity (Wildman–Crippen MR) is 65.2 cm³/mol. The number of nitrogens with one attached hydrogen (secondary N) is 2. The third-order valence-corrected chi connectivity index (χ3v) is 2.88. The van der Waals surface area contributed by atoms with Crippen molar-refractivity contribution in [1.29, 1.82) is 0 Å². The maximum atomic E-state index is 11.7. The first kappa shape index (κ1) is 11.7. The number of pyridine rings is 1. The molecular weight excluding hydrogens is 218 g/mol. The molecule has 2 N–H and O–H groups in total. The molecule has 0 radical (unpaired) electrons. The highest BCUT2D eigenvalue weighted by Gasteiger charge is 2.33. The Bertz CT molecular complexity index is 434. The molecule has 5 heteroatoms. The topological polar surface area (TPSA) is 63.2 Å². The first-order valence-corrected chi connectivity index (χ1v) is 5.69. The van der Waals surface area contributed by atoms with Crippen molar-refractivity contribution in [2.24, 2.45) is 5.92 Å². The quantitative estimate of drug-likeness (QED) is 0.841. The normalized spacial score (nSPS) is 21.8. The summed E-state index contributed by atoms with van der Waals surface area (Å²) < 4.78 is 5.14. The summed E-state index contributed by atoms with van der Waals surface area (Å²) in [5, 5.41) is 5.59. The van der Waals surface area contributed by atoms with Crippen molar-refractivity contribution in [3.05, 3.63) is 17.8 Å². The zero-order chi connectivity index (χ0) is 12.4. The summed E-state index contributed by atoms with van der Waals surface area (Å²) >= 11 is 0. The van der Waals surface area contributed by atoms with E-state index in [0.717, 1.165) is 12.1 Å². The fourth-order valence-corrected chi connectivity index (χ4v) is 1.63. The highest BCUT2D eigenvalue weighted by Crippen LogP contribution is 2.29. The molecule has 1 saturated carbocycles. The van der Waals surface area contributed by atoms with Crippen molar-refractivity contribution in [2.75, 3.05) is 12.4 Å². The van der Waals surface area contributed by atoms with Gasteiger partial charge in [-0.05, 0) is 31.4 Å². The molecule has 0 aromatic carbocycles. The Kier molecular flexibility index (Phi) is 3.17. The van der Waals surface area contributed by atoms with Crippen LogP contribution in [-0.4, -0.2) is 24.2 Å². The van der Waals surface area contributed by atoms with Crippen LogP contribution in [0.15, 0.2) is 12.1 Å². The number of aromatic nitrogens is 1. The standard InChI is InChI=1S/C12H17N3O2/c1-7-6-9(7)14-12(16)15-11-10(17-3)5-4-8(2)13-11/h4-5,7,9H,6H2,1-3H3,(H2,13,14,15,16)/t7-,9+/m0/s1. The Morgan fingerprint density at radius 3 is 2.82 bits per heavy atom. The van der Waals surface area contributed by atoms with Crippen LogP contribution in [0.25, 0.3) is 0 Å². The maximum absolute atomic E-state index is 11.7. The average molecular weight is 235 g/mol. The Morgan fingerprint density at radius 2 is 2.24 bits per heavy atom. The number of aryl methyl sites for hydroxylation is 1. The summed E-state index contributed by atoms with van der Waals surface area (Å²) in [5.41, 5.74) is 0.834. The van der Waals surface area contributed by atoms with Crippen LogP contribution in [0, 0.1) is 12.8 Å². The molecule has 2 atom stereocenters. The van der Waals surface area contributed by atoms with Gasteiger partial charge in [-0.1, -0.05) is 6.92 Å². The molecule has 1 heterocycles. The van der Waals surface area contributed by atoms with E-state index >= 15 is 0 Å². The van der Waals surface area contributed by atoms with E-state index in [0.29, 0.717) is 23.5 Å². The number of carbonyl (C=O) groups is 1. The first-order valence-electron chi connectivity index (χ1n) is 5.69. The number of carbonyl (C=O) groups excluding carboxylic acids is 1. The fraction of sp³-hybridized carbons (Fsp3) is 0.500. The predicted octanol–water partition coefficient (Wildman–Crippen LogP) is 1.93. The van der Waals surface area contributed by atoms with Gasteiger partial charge >= 0.3 is 6.03 Å². The van der Waals surface area contributed by atoms with Crippen molar-refractivity contribution in [1.82, 2.24) is 10.3 Å². The molecule has 2 amide bonds. The Hall–Kier alpha value is -1.78. The molecule has 92 valence electrons. The van der Waals surface area contributed by atoms with Gasteiger partial charge in [-0.3, -0.25) is 5.32 Å². The molecule has 5 nitrogen and oxygen atoms in total. The van der Waals surface area contributed by atoms with Crippen LogP contribution in [0.4, 0.5) is 10.6 Å². The first-order chi connectivity index (χ1) is 8.10. The van der Waals surface area contributed by atoms with Crippen molar-refractivity contribution in [2.45, 2.75) is 26.3 Å². The molecule has 17 heavy (non-hydrogen) atoms. The monoisotopic (exact) mass is 235 g/mol. The average Bonchev–Trinajstić information content (AvgIpc) is 2.94. The number of urea groups is 1. The lowest BCUT2D eigenvalue weighted by atomic mass is 10.3. The summed E-state index contributed by atoms with van der Waals surface area (Å²) in [7, 11) is 1.55. The lowest BCUT2D eigenvalue weighted by molar-refractivity contribution is 0.251. The van der Waals surface area contributed by atoms with Gasteiger partial charge in [-0.25, -0.2) is 9.78 Å². The minimum atomic E-state index is -0.226. The summed E-state index contributed by atoms with van der Waals surface area (Å²) in [6, 6.07) is 3.70. The summed E-state index contributed by atoms with van der Waals surface area (Å²) in [6.07, 6.45) is 1.05. The van der Waals surface area contributed by atoms with Crippen LogP contribution in [-0.2, 0) is 0 Å². The lowest BCUT2D eigenvalue weighted by Gasteiger charge is -2.10. The van der Waals surface area contributed by atoms with Crippen molar-refractivity contribution >= 4 is 11.8 Å². The summed E-state index contributed by atoms with van der Waals surface area (Å²) in [5.74, 6) is 1.60. The Morgan fingerprint density at radius 1 is 1.53 bits per heavy atom. The molecule has 0 bridgehead atoms. The molecule has 1 fully saturated rings. The molecule has 0 spiro atoms. The van der Waals surface area contributed by atoms with Gasteiger partial charge in [-0.2, -0.15) is 0 Å². The van der Waals surface area contributed by atoms with Crippen molar-refractivity contribution in [3.8, 4) is 5.75 Å². The number of anilines is 1. The number of methoxy groups -OCH3 is 1. The van der Waals surface area contributed by atoms with Crippen LogP contribution >= 0.6 is 0 Å². The number of hydrogen-bond donors (Lipinski definition) is 2. The molecule has 1 aromatic heterocycles. The van der Waals surface area contributed by atoms with E-state index in [4.69, 9.17) is 4.74 Å². The Labute approximate surface area is 101 Å². The minimum Gasteiger partial charge on any atom is -0.493 e. The van der Waals surface area contributed by atoms with Crippen LogP contribution in [0.1, 0.15) is 19.0 Å². The van der Waals surface area contributed by atoms with Crippen LogP contribution in [0.2, 0.25) is 0 Å². The number of nitrogens with zero attached hydrogens (tertiary/aromatic N) is 1. The van der Waals surface area contributed by atoms with Crippen LogP contribution in [0.5, 0.6) is 5.75 Å². The summed E-state index contributed by atoms with van der Waals surface area (Å²) in [6.45, 7) is 3.97. The third kappa shape index (κ3) is 2.87. The van der Waals surface area contributed by atoms with Gasteiger partial charge in [0.15, 0.2) is 11.6 Å². The second kappa shape index (κ2) is 4.61. The minimum absolute atomic E-state index is 0.226. The second-order valence-corrected chi connectivity index (χ2v) is 4.42. The smallest absolute Gasteiger partial charge is 0.320 e. The number of rotatable bonds is 3. The summed E-state index contributed by atoms with van der Waals surface area (Å²) in [4.78, 5) is 15.9. The van der Waals surface area contributed by atoms with Crippen LogP contribution in [0.3, 0.4) is 0 Å². The van der Waals surface area contributed by atoms with Crippen molar-refractivity contribution < 1.29 is 9.53 Å². The number of amides is 2. The van der Waals surface area contributed by atoms with E-state index in [-0.39, 0.29) is 6.03 Å². The van der Waals surface area contributed by atoms with Gasteiger partial charge < -0.3 is 10.1 Å². The zero-order valence-electron chi connectivity index (χ0n) is 10.3. The second-order valence-electron chi connectivity index (χ2n) is 4.42. The molecular formula is C12H17N3O2. The fourth-order valence-electron chi connectivity index (χ4n) is 1.63. The van der Waals surface area contributed by atoms with Crippen LogP contribution < -0.4 is 15.4 Å². The van der Waals surface area contributed by atoms with E-state index in [1.807, 2.05) is 13.0 Å². The van der Waals surface area contributed by atoms with Gasteiger partial charge in [0.25, 0.3) is 0 Å². The van der Waals surface area contributed by atoms with Gasteiger partial charge in [0, 0.05) is 11.7 Å². The lowest BCUT2D eigenvalue weighted by Crippen LogP contribution is -2.31. The van der Waals surface area contributed by atoms with Crippen molar-refractivity contribution in [3.63, 3.8) is 0 Å². The van der Waals surface area contributed by atoms with E-state index in [1.165, 1.54) is 0 Å². The highest BCUT2D eigenvalue weighted by molar-refractivity contribution is 5.90. The van der Waals surface area contributed by atoms with Gasteiger partial charge in [-0.15, -0.1) is 0 Å². The van der Waals surface area contributed by atoms with Gasteiger partial charge in [0.05, 0.1) is 7.11 Å². The zero-order valence-corrected chi connectivity index (χ0v) is 10.3. The largest absolute Gasteiger partial charge is 0.493 e. The van der Waals surface area contributed by atoms with E-state index in [1.54, 1.807) is 13.2 Å². The van der Waals surface area contributed by atoms with E-state index < -0.39 is 0 Å². The highest BCUT2D eigenvalue weighted by atomic mass is 16.5. The molecule has 1 aromatic rings. The number of ether oxygens (including phenoxy) is 1. The molecule has 0 aliphatic heterocycles. The van der Waals surface area contributed by atoms with E-state index in [2.05, 4.69) is 22.5 Å². The SMILES string of the molecule is COc1ccc(C)nc1NC(=O)N[C@@H]1C[C@@H]1C. The number of hydrogen-bond acceptors (Lipinski definition) is 3. The third-order valence-electron chi connectivity index (χ3n) is 2.88. The molecule has 2 rings (SSSR count). The maximum Gasteiger partial charge on any atom is 0.320 e. The van der Waals surface area contributed by atoms with Gasteiger partial charge in [0.2, 0.25) is 0 Å². The Balaban J connectivity index is 2.01. The van der Waals surface area contributed by atoms with E-state index in [9.17, 15) is 4.79 Å². The molecule has 1 aliphatic carbocycles. The molecule has 0 unspecified atom stereocenters. The molecule has 0 saturated heterocycles. The van der Waals surface area contributed by atoms with Gasteiger partial charge in [0.1, 0.15) is 0 Å².